The van der Waals surface area contributed by atoms with Gasteiger partial charge in [0, 0.05) is 11.3 Å². The van der Waals surface area contributed by atoms with Crippen molar-refractivity contribution in [2.24, 2.45) is 0 Å². The van der Waals surface area contributed by atoms with Crippen LogP contribution in [0.4, 0.5) is 5.69 Å². The molecule has 0 aliphatic heterocycles. The fourth-order valence-electron chi connectivity index (χ4n) is 2.01. The highest BCUT2D eigenvalue weighted by molar-refractivity contribution is 9.10. The first-order chi connectivity index (χ1) is 11.0. The second-order valence-corrected chi connectivity index (χ2v) is 5.94. The Morgan fingerprint density at radius 3 is 2.39 bits per heavy atom. The molecular weight excluding hydrogens is 358 g/mol. The number of carbonyl (C=O) groups is 2. The van der Waals surface area contributed by atoms with Crippen LogP contribution in [0.25, 0.3) is 0 Å². The third-order valence-corrected chi connectivity index (χ3v) is 3.96. The Labute approximate surface area is 144 Å². The molecule has 0 unspecified atom stereocenters. The molecule has 0 heterocycles. The zero-order valence-electron chi connectivity index (χ0n) is 13.1. The Bertz CT molecular complexity index is 711. The quantitative estimate of drug-likeness (QED) is 0.768. The minimum absolute atomic E-state index is 0.00779. The number of carbonyl (C=O) groups excluding carboxylic acids is 2. The standard InChI is InChI=1S/C18H18BrNO3/c1-3-13-4-9-17(16(19)10-13)23-11-18(22)20-15-7-5-14(6-8-15)12(2)21/h4-10H,3,11H2,1-2H3,(H,20,22). The normalized spacial score (nSPS) is 10.2. The number of ketones is 1. The summed E-state index contributed by atoms with van der Waals surface area (Å²) in [4.78, 5) is 23.1. The van der Waals surface area contributed by atoms with Gasteiger partial charge in [-0.2, -0.15) is 0 Å². The van der Waals surface area contributed by atoms with Crippen LogP contribution in [-0.2, 0) is 11.2 Å². The maximum atomic E-state index is 11.9. The summed E-state index contributed by atoms with van der Waals surface area (Å²) >= 11 is 3.44. The fourth-order valence-corrected chi connectivity index (χ4v) is 2.55. The van der Waals surface area contributed by atoms with Crippen molar-refractivity contribution in [2.45, 2.75) is 20.3 Å². The van der Waals surface area contributed by atoms with Crippen molar-refractivity contribution in [1.82, 2.24) is 0 Å². The monoisotopic (exact) mass is 375 g/mol. The van der Waals surface area contributed by atoms with Crippen LogP contribution in [0.1, 0.15) is 29.8 Å². The van der Waals surface area contributed by atoms with E-state index in [0.29, 0.717) is 17.0 Å². The average molecular weight is 376 g/mol. The number of hydrogen-bond donors (Lipinski definition) is 1. The fraction of sp³-hybridized carbons (Fsp3) is 0.222. The lowest BCUT2D eigenvalue weighted by atomic mass is 10.1. The van der Waals surface area contributed by atoms with Gasteiger partial charge in [-0.1, -0.05) is 13.0 Å². The molecule has 0 spiro atoms. The van der Waals surface area contributed by atoms with E-state index in [9.17, 15) is 9.59 Å². The molecule has 0 aliphatic carbocycles. The molecule has 0 aromatic heterocycles. The van der Waals surface area contributed by atoms with E-state index in [2.05, 4.69) is 28.2 Å². The molecule has 0 saturated carbocycles. The second-order valence-electron chi connectivity index (χ2n) is 5.09. The van der Waals surface area contributed by atoms with E-state index < -0.39 is 0 Å². The van der Waals surface area contributed by atoms with Crippen LogP contribution >= 0.6 is 15.9 Å². The van der Waals surface area contributed by atoms with Crippen molar-refractivity contribution in [3.05, 3.63) is 58.1 Å². The predicted octanol–water partition coefficient (Wildman–Crippen LogP) is 4.23. The Hall–Kier alpha value is -2.14. The summed E-state index contributed by atoms with van der Waals surface area (Å²) in [5.74, 6) is 0.364. The van der Waals surface area contributed by atoms with Crippen LogP contribution < -0.4 is 10.1 Å². The molecule has 1 N–H and O–H groups in total. The number of rotatable bonds is 6. The number of nitrogens with one attached hydrogen (secondary N) is 1. The first-order valence-corrected chi connectivity index (χ1v) is 8.11. The van der Waals surface area contributed by atoms with Gasteiger partial charge < -0.3 is 10.1 Å². The van der Waals surface area contributed by atoms with E-state index in [-0.39, 0.29) is 18.3 Å². The highest BCUT2D eigenvalue weighted by atomic mass is 79.9. The van der Waals surface area contributed by atoms with E-state index in [0.717, 1.165) is 10.9 Å². The molecule has 0 radical (unpaired) electrons. The number of halogens is 1. The van der Waals surface area contributed by atoms with Crippen LogP contribution in [0.5, 0.6) is 5.75 Å². The Morgan fingerprint density at radius 2 is 1.83 bits per heavy atom. The van der Waals surface area contributed by atoms with E-state index in [1.807, 2.05) is 18.2 Å². The molecule has 0 saturated heterocycles. The summed E-state index contributed by atoms with van der Waals surface area (Å²) in [5, 5.41) is 2.73. The van der Waals surface area contributed by atoms with Gasteiger partial charge in [-0.3, -0.25) is 9.59 Å². The molecule has 2 aromatic rings. The summed E-state index contributed by atoms with van der Waals surface area (Å²) in [6, 6.07) is 12.5. The predicted molar refractivity (Wildman–Crippen MR) is 94.1 cm³/mol. The van der Waals surface area contributed by atoms with Gasteiger partial charge in [0.2, 0.25) is 0 Å². The Kier molecular flexibility index (Phi) is 5.93. The highest BCUT2D eigenvalue weighted by Crippen LogP contribution is 2.26. The lowest BCUT2D eigenvalue weighted by Gasteiger charge is -2.10. The van der Waals surface area contributed by atoms with E-state index in [4.69, 9.17) is 4.74 Å². The summed E-state index contributed by atoms with van der Waals surface area (Å²) in [6.07, 6.45) is 0.940. The van der Waals surface area contributed by atoms with Gasteiger partial charge >= 0.3 is 0 Å². The van der Waals surface area contributed by atoms with E-state index in [1.54, 1.807) is 24.3 Å². The van der Waals surface area contributed by atoms with Crippen LogP contribution in [0.3, 0.4) is 0 Å². The first-order valence-electron chi connectivity index (χ1n) is 7.31. The molecular formula is C18H18BrNO3. The van der Waals surface area contributed by atoms with Gasteiger partial charge in [-0.25, -0.2) is 0 Å². The summed E-state index contributed by atoms with van der Waals surface area (Å²) < 4.78 is 6.35. The van der Waals surface area contributed by atoms with Gasteiger partial charge in [0.25, 0.3) is 5.91 Å². The minimum atomic E-state index is -0.257. The lowest BCUT2D eigenvalue weighted by molar-refractivity contribution is -0.118. The third kappa shape index (κ3) is 4.93. The van der Waals surface area contributed by atoms with Crippen molar-refractivity contribution >= 4 is 33.3 Å². The van der Waals surface area contributed by atoms with Crippen molar-refractivity contribution in [2.75, 3.05) is 11.9 Å². The van der Waals surface area contributed by atoms with Crippen molar-refractivity contribution in [3.63, 3.8) is 0 Å². The van der Waals surface area contributed by atoms with Crippen molar-refractivity contribution in [3.8, 4) is 5.75 Å². The number of amides is 1. The molecule has 0 atom stereocenters. The van der Waals surface area contributed by atoms with Crippen LogP contribution in [-0.4, -0.2) is 18.3 Å². The maximum Gasteiger partial charge on any atom is 0.262 e. The third-order valence-electron chi connectivity index (χ3n) is 3.34. The largest absolute Gasteiger partial charge is 0.483 e. The molecule has 0 bridgehead atoms. The molecule has 120 valence electrons. The summed E-state index contributed by atoms with van der Waals surface area (Å²) in [5.41, 5.74) is 2.43. The number of Topliss-reactive ketones (excluding diaryl/α,β-unsaturated/α-hetero) is 1. The summed E-state index contributed by atoms with van der Waals surface area (Å²) in [6.45, 7) is 3.49. The van der Waals surface area contributed by atoms with Crippen molar-refractivity contribution in [1.29, 1.82) is 0 Å². The molecule has 2 rings (SSSR count). The SMILES string of the molecule is CCc1ccc(OCC(=O)Nc2ccc(C(C)=O)cc2)c(Br)c1. The number of anilines is 1. The average Bonchev–Trinajstić information content (AvgIpc) is 2.54. The molecule has 1 amide bonds. The first kappa shape index (κ1) is 17.2. The van der Waals surface area contributed by atoms with Gasteiger partial charge in [-0.15, -0.1) is 0 Å². The van der Waals surface area contributed by atoms with E-state index in [1.165, 1.54) is 12.5 Å². The van der Waals surface area contributed by atoms with Crippen LogP contribution in [0.2, 0.25) is 0 Å². The smallest absolute Gasteiger partial charge is 0.262 e. The minimum Gasteiger partial charge on any atom is -0.483 e. The van der Waals surface area contributed by atoms with E-state index >= 15 is 0 Å². The van der Waals surface area contributed by atoms with Gasteiger partial charge in [0.1, 0.15) is 5.75 Å². The van der Waals surface area contributed by atoms with Crippen LogP contribution in [0, 0.1) is 0 Å². The topological polar surface area (TPSA) is 55.4 Å². The zero-order chi connectivity index (χ0) is 16.8. The zero-order valence-corrected chi connectivity index (χ0v) is 14.6. The number of benzene rings is 2. The lowest BCUT2D eigenvalue weighted by Crippen LogP contribution is -2.20. The highest BCUT2D eigenvalue weighted by Gasteiger charge is 2.07. The molecule has 23 heavy (non-hydrogen) atoms. The van der Waals surface area contributed by atoms with Gasteiger partial charge in [-0.05, 0) is 71.2 Å². The maximum absolute atomic E-state index is 11.9. The molecule has 5 heteroatoms. The second kappa shape index (κ2) is 7.92. The number of hydrogen-bond acceptors (Lipinski definition) is 3. The molecule has 4 nitrogen and oxygen atoms in total. The van der Waals surface area contributed by atoms with Crippen molar-refractivity contribution < 1.29 is 14.3 Å². The number of ether oxygens (including phenoxy) is 1. The molecule has 0 aliphatic rings. The van der Waals surface area contributed by atoms with Gasteiger partial charge in [0.15, 0.2) is 12.4 Å². The summed E-state index contributed by atoms with van der Waals surface area (Å²) in [7, 11) is 0. The number of aryl methyl sites for hydroxylation is 1. The Morgan fingerprint density at radius 1 is 1.13 bits per heavy atom. The van der Waals surface area contributed by atoms with Gasteiger partial charge in [0.05, 0.1) is 4.47 Å². The molecule has 2 aromatic carbocycles. The Balaban J connectivity index is 1.91. The van der Waals surface area contributed by atoms with Crippen LogP contribution in [0.15, 0.2) is 46.9 Å². The molecule has 0 fully saturated rings.